The number of nitrogens with zero attached hydrogens (tertiary/aromatic N) is 3. The Kier molecular flexibility index (Phi) is 2.70. The molecule has 0 amide bonds. The highest BCUT2D eigenvalue weighted by Crippen LogP contribution is 2.22. The molecule has 0 aromatic heterocycles. The predicted octanol–water partition coefficient (Wildman–Crippen LogP) is -0.501. The molecule has 6 heteroatoms. The van der Waals surface area contributed by atoms with Crippen molar-refractivity contribution in [3.8, 4) is 0 Å². The van der Waals surface area contributed by atoms with E-state index in [4.69, 9.17) is 10.0 Å². The Morgan fingerprint density at radius 2 is 2.00 bits per heavy atom. The Balaban J connectivity index is 0.000000179. The van der Waals surface area contributed by atoms with Gasteiger partial charge in [0.2, 0.25) is 0 Å². The van der Waals surface area contributed by atoms with Crippen LogP contribution in [0.3, 0.4) is 0 Å². The first kappa shape index (κ1) is 7.84. The van der Waals surface area contributed by atoms with E-state index < -0.39 is 7.69 Å². The molecule has 0 saturated heterocycles. The SMILES string of the molecule is C1=NC2=CN=NC2=C1.OBO. The van der Waals surface area contributed by atoms with Crippen molar-refractivity contribution in [2.75, 3.05) is 0 Å². The van der Waals surface area contributed by atoms with Gasteiger partial charge in [0.1, 0.15) is 11.4 Å². The molecular weight excluding hydrogens is 145 g/mol. The maximum absolute atomic E-state index is 7.12. The van der Waals surface area contributed by atoms with Gasteiger partial charge in [0.25, 0.3) is 0 Å². The number of aliphatic imine (C=N–C) groups is 1. The molecule has 0 fully saturated rings. The first-order valence-electron chi connectivity index (χ1n) is 2.96. The van der Waals surface area contributed by atoms with Crippen LogP contribution in [0.5, 0.6) is 0 Å². The van der Waals surface area contributed by atoms with E-state index >= 15 is 0 Å². The van der Waals surface area contributed by atoms with Gasteiger partial charge < -0.3 is 10.0 Å². The second kappa shape index (κ2) is 3.79. The Hall–Kier alpha value is -1.27. The van der Waals surface area contributed by atoms with Crippen molar-refractivity contribution in [1.82, 2.24) is 0 Å². The molecule has 0 aliphatic carbocycles. The summed E-state index contributed by atoms with van der Waals surface area (Å²) < 4.78 is 0. The summed E-state index contributed by atoms with van der Waals surface area (Å²) in [5.41, 5.74) is 1.76. The minimum absolute atomic E-state index is 0.750. The van der Waals surface area contributed by atoms with Gasteiger partial charge in [-0.15, -0.1) is 5.11 Å². The van der Waals surface area contributed by atoms with Crippen LogP contribution >= 0.6 is 0 Å². The minimum Gasteiger partial charge on any atom is -0.430 e. The molecule has 56 valence electrons. The molecule has 0 radical (unpaired) electrons. The molecule has 0 spiro atoms. The van der Waals surface area contributed by atoms with Gasteiger partial charge in [-0.05, 0) is 6.08 Å². The minimum atomic E-state index is -0.750. The monoisotopic (exact) mass is 151 g/mol. The largest absolute Gasteiger partial charge is 0.432 e. The number of allylic oxidation sites excluding steroid dienone is 1. The summed E-state index contributed by atoms with van der Waals surface area (Å²) in [6, 6.07) is 0. The smallest absolute Gasteiger partial charge is 0.430 e. The van der Waals surface area contributed by atoms with E-state index in [0.29, 0.717) is 0 Å². The molecular formula is C5H6BN3O2. The lowest BCUT2D eigenvalue weighted by Gasteiger charge is -1.79. The Bertz CT molecular complexity index is 230. The van der Waals surface area contributed by atoms with Crippen LogP contribution in [0.4, 0.5) is 0 Å². The highest BCUT2D eigenvalue weighted by atomic mass is 16.4. The summed E-state index contributed by atoms with van der Waals surface area (Å²) in [4.78, 5) is 3.95. The average Bonchev–Trinajstić information content (AvgIpc) is 2.44. The Labute approximate surface area is 63.8 Å². The third-order valence-electron chi connectivity index (χ3n) is 1.05. The topological polar surface area (TPSA) is 77.5 Å². The molecule has 11 heavy (non-hydrogen) atoms. The molecule has 5 nitrogen and oxygen atoms in total. The maximum atomic E-state index is 7.12. The molecule has 2 rings (SSSR count). The fourth-order valence-corrected chi connectivity index (χ4v) is 0.669. The van der Waals surface area contributed by atoms with Gasteiger partial charge in [-0.1, -0.05) is 0 Å². The predicted molar refractivity (Wildman–Crippen MR) is 41.1 cm³/mol. The van der Waals surface area contributed by atoms with E-state index in [-0.39, 0.29) is 0 Å². The molecule has 0 aromatic carbocycles. The molecule has 2 aliphatic rings. The van der Waals surface area contributed by atoms with Crippen molar-refractivity contribution in [1.29, 1.82) is 0 Å². The molecule has 0 bridgehead atoms. The van der Waals surface area contributed by atoms with Gasteiger partial charge in [-0.2, -0.15) is 5.11 Å². The lowest BCUT2D eigenvalue weighted by molar-refractivity contribution is 0.448. The Morgan fingerprint density at radius 3 is 2.64 bits per heavy atom. The van der Waals surface area contributed by atoms with Gasteiger partial charge in [-0.3, -0.25) is 4.99 Å². The first-order chi connectivity index (χ1) is 5.38. The van der Waals surface area contributed by atoms with Gasteiger partial charge in [0.05, 0.1) is 6.20 Å². The first-order valence-corrected chi connectivity index (χ1v) is 2.96. The van der Waals surface area contributed by atoms with Crippen LogP contribution in [-0.4, -0.2) is 23.9 Å². The summed E-state index contributed by atoms with van der Waals surface area (Å²) in [6.45, 7) is 0. The van der Waals surface area contributed by atoms with Crippen LogP contribution in [0.25, 0.3) is 0 Å². The van der Waals surface area contributed by atoms with Crippen molar-refractivity contribution < 1.29 is 10.0 Å². The third-order valence-corrected chi connectivity index (χ3v) is 1.05. The van der Waals surface area contributed by atoms with Crippen molar-refractivity contribution in [3.05, 3.63) is 23.7 Å². The summed E-state index contributed by atoms with van der Waals surface area (Å²) in [5.74, 6) is 0. The average molecular weight is 151 g/mol. The molecule has 0 unspecified atom stereocenters. The highest BCUT2D eigenvalue weighted by molar-refractivity contribution is 6.13. The van der Waals surface area contributed by atoms with Gasteiger partial charge in [0.15, 0.2) is 0 Å². The lowest BCUT2D eigenvalue weighted by atomic mass is 10.4. The summed E-state index contributed by atoms with van der Waals surface area (Å²) >= 11 is 0. The standard InChI is InChI=1S/C5H3N3.BH3O2/c1-2-6-5-3-7-8-4(1)5;2-1-3/h1-3H;1-3H. The van der Waals surface area contributed by atoms with E-state index in [1.54, 1.807) is 12.4 Å². The second-order valence-corrected chi connectivity index (χ2v) is 1.70. The van der Waals surface area contributed by atoms with Crippen LogP contribution < -0.4 is 0 Å². The van der Waals surface area contributed by atoms with Gasteiger partial charge >= 0.3 is 7.69 Å². The molecule has 2 heterocycles. The van der Waals surface area contributed by atoms with E-state index in [1.165, 1.54) is 0 Å². The van der Waals surface area contributed by atoms with E-state index in [9.17, 15) is 0 Å². The molecule has 2 aliphatic heterocycles. The summed E-state index contributed by atoms with van der Waals surface area (Å²) in [6.07, 6.45) is 5.21. The van der Waals surface area contributed by atoms with Crippen molar-refractivity contribution in [3.63, 3.8) is 0 Å². The van der Waals surface area contributed by atoms with Crippen molar-refractivity contribution in [2.45, 2.75) is 0 Å². The maximum Gasteiger partial charge on any atom is 0.432 e. The third kappa shape index (κ3) is 1.82. The van der Waals surface area contributed by atoms with E-state index in [0.717, 1.165) is 11.4 Å². The van der Waals surface area contributed by atoms with Gasteiger partial charge in [-0.25, -0.2) is 0 Å². The Morgan fingerprint density at radius 1 is 1.27 bits per heavy atom. The quantitative estimate of drug-likeness (QED) is 0.457. The normalized spacial score (nSPS) is 16.5. The van der Waals surface area contributed by atoms with Crippen LogP contribution in [0.1, 0.15) is 0 Å². The van der Waals surface area contributed by atoms with Crippen molar-refractivity contribution in [2.24, 2.45) is 15.2 Å². The molecule has 2 N–H and O–H groups in total. The number of fused-ring (bicyclic) bond motifs is 1. The fourth-order valence-electron chi connectivity index (χ4n) is 0.669. The molecule has 0 saturated carbocycles. The van der Waals surface area contributed by atoms with Gasteiger partial charge in [0, 0.05) is 6.21 Å². The molecule has 0 atom stereocenters. The summed E-state index contributed by atoms with van der Waals surface area (Å²) in [5, 5.41) is 21.7. The van der Waals surface area contributed by atoms with Crippen LogP contribution in [0.2, 0.25) is 0 Å². The van der Waals surface area contributed by atoms with E-state index in [2.05, 4.69) is 15.2 Å². The number of azo groups is 1. The zero-order valence-corrected chi connectivity index (χ0v) is 5.68. The van der Waals surface area contributed by atoms with Crippen LogP contribution in [0.15, 0.2) is 38.9 Å². The zero-order chi connectivity index (χ0) is 8.10. The zero-order valence-electron chi connectivity index (χ0n) is 5.68. The molecule has 0 aromatic rings. The number of rotatable bonds is 0. The van der Waals surface area contributed by atoms with Crippen molar-refractivity contribution >= 4 is 13.9 Å². The number of hydrogen-bond acceptors (Lipinski definition) is 5. The van der Waals surface area contributed by atoms with Crippen LogP contribution in [-0.2, 0) is 0 Å². The summed E-state index contributed by atoms with van der Waals surface area (Å²) in [7, 11) is -0.750. The number of hydrogen-bond donors (Lipinski definition) is 2. The lowest BCUT2D eigenvalue weighted by Crippen LogP contribution is -1.75. The highest BCUT2D eigenvalue weighted by Gasteiger charge is 2.09. The van der Waals surface area contributed by atoms with Crippen LogP contribution in [0, 0.1) is 0 Å². The van der Waals surface area contributed by atoms with E-state index in [1.807, 2.05) is 6.08 Å². The second-order valence-electron chi connectivity index (χ2n) is 1.70. The fraction of sp³-hybridized carbons (Fsp3) is 0.